The number of ether oxygens (including phenoxy) is 1. The molecule has 5 nitrogen and oxygen atoms in total. The molecule has 0 N–H and O–H groups in total. The zero-order valence-electron chi connectivity index (χ0n) is 16.7. The Morgan fingerprint density at radius 2 is 1.44 bits per heavy atom. The largest absolute Gasteiger partial charge is 0.495 e. The predicted octanol–water partition coefficient (Wildman–Crippen LogP) is 3.44. The molecule has 0 aliphatic carbocycles. The van der Waals surface area contributed by atoms with E-state index in [2.05, 4.69) is 11.0 Å². The molecule has 0 radical (unpaired) electrons. The summed E-state index contributed by atoms with van der Waals surface area (Å²) in [5.41, 5.74) is 4.75. The van der Waals surface area contributed by atoms with E-state index in [1.54, 1.807) is 11.4 Å². The zero-order chi connectivity index (χ0) is 19.8. The Balaban J connectivity index is 1.86. The highest BCUT2D eigenvalue weighted by Gasteiger charge is 2.32. The second-order valence-electron chi connectivity index (χ2n) is 7.15. The van der Waals surface area contributed by atoms with E-state index in [9.17, 15) is 8.42 Å². The third kappa shape index (κ3) is 3.56. The molecule has 0 saturated carbocycles. The van der Waals surface area contributed by atoms with Gasteiger partial charge < -0.3 is 9.64 Å². The van der Waals surface area contributed by atoms with Crippen molar-refractivity contribution in [1.29, 1.82) is 0 Å². The quantitative estimate of drug-likeness (QED) is 0.805. The van der Waals surface area contributed by atoms with Crippen molar-refractivity contribution in [3.05, 3.63) is 52.6 Å². The monoisotopic (exact) mass is 388 g/mol. The van der Waals surface area contributed by atoms with Crippen LogP contribution in [0.5, 0.6) is 5.75 Å². The molecule has 146 valence electrons. The van der Waals surface area contributed by atoms with Gasteiger partial charge in [0.05, 0.1) is 17.7 Å². The maximum atomic E-state index is 13.4. The SMILES string of the molecule is COc1ccccc1N1CCN(S(=O)(=O)c2c(C)c(C)cc(C)c2C)CC1. The fourth-order valence-corrected chi connectivity index (χ4v) is 5.76. The van der Waals surface area contributed by atoms with Crippen LogP contribution in [-0.4, -0.2) is 46.0 Å². The minimum Gasteiger partial charge on any atom is -0.495 e. The van der Waals surface area contributed by atoms with Gasteiger partial charge in [0.1, 0.15) is 5.75 Å². The molecule has 2 aromatic rings. The van der Waals surface area contributed by atoms with E-state index in [0.29, 0.717) is 31.1 Å². The first kappa shape index (κ1) is 19.7. The van der Waals surface area contributed by atoms with Crippen molar-refractivity contribution >= 4 is 15.7 Å². The average molecular weight is 389 g/mol. The molecule has 1 aliphatic heterocycles. The topological polar surface area (TPSA) is 49.9 Å². The summed E-state index contributed by atoms with van der Waals surface area (Å²) in [5.74, 6) is 0.815. The fraction of sp³-hybridized carbons (Fsp3) is 0.429. The van der Waals surface area contributed by atoms with Gasteiger partial charge in [-0.25, -0.2) is 8.42 Å². The number of rotatable bonds is 4. The van der Waals surface area contributed by atoms with Crippen LogP contribution in [0.3, 0.4) is 0 Å². The van der Waals surface area contributed by atoms with Crippen molar-refractivity contribution < 1.29 is 13.2 Å². The number of para-hydroxylation sites is 2. The number of sulfonamides is 1. The molecule has 0 bridgehead atoms. The lowest BCUT2D eigenvalue weighted by atomic mass is 10.0. The van der Waals surface area contributed by atoms with Gasteiger partial charge in [0.15, 0.2) is 0 Å². The van der Waals surface area contributed by atoms with Crippen LogP contribution >= 0.6 is 0 Å². The van der Waals surface area contributed by atoms with E-state index < -0.39 is 10.0 Å². The Kier molecular flexibility index (Phi) is 5.49. The van der Waals surface area contributed by atoms with E-state index in [-0.39, 0.29) is 0 Å². The van der Waals surface area contributed by atoms with Crippen molar-refractivity contribution in [1.82, 2.24) is 4.31 Å². The Morgan fingerprint density at radius 3 is 2.00 bits per heavy atom. The van der Waals surface area contributed by atoms with Crippen LogP contribution in [0.1, 0.15) is 22.3 Å². The van der Waals surface area contributed by atoms with Crippen molar-refractivity contribution in [2.45, 2.75) is 32.6 Å². The molecule has 3 rings (SSSR count). The van der Waals surface area contributed by atoms with Crippen LogP contribution in [0.15, 0.2) is 35.2 Å². The third-order valence-electron chi connectivity index (χ3n) is 5.56. The first-order chi connectivity index (χ1) is 12.8. The van der Waals surface area contributed by atoms with Gasteiger partial charge in [-0.1, -0.05) is 18.2 Å². The van der Waals surface area contributed by atoms with Gasteiger partial charge in [-0.3, -0.25) is 0 Å². The van der Waals surface area contributed by atoms with Crippen LogP contribution in [0.2, 0.25) is 0 Å². The van der Waals surface area contributed by atoms with Crippen LogP contribution in [0, 0.1) is 27.7 Å². The molecule has 1 aliphatic rings. The number of anilines is 1. The fourth-order valence-electron chi connectivity index (χ4n) is 3.76. The van der Waals surface area contributed by atoms with Crippen molar-refractivity contribution in [2.24, 2.45) is 0 Å². The minimum absolute atomic E-state index is 0.465. The number of benzene rings is 2. The molecule has 1 saturated heterocycles. The summed E-state index contributed by atoms with van der Waals surface area (Å²) in [6.45, 7) is 9.96. The summed E-state index contributed by atoms with van der Waals surface area (Å²) in [7, 11) is -1.86. The molecule has 0 spiro atoms. The van der Waals surface area contributed by atoms with E-state index in [4.69, 9.17) is 4.74 Å². The summed E-state index contributed by atoms with van der Waals surface area (Å²) in [4.78, 5) is 2.66. The van der Waals surface area contributed by atoms with Crippen LogP contribution < -0.4 is 9.64 Å². The Morgan fingerprint density at radius 1 is 0.889 bits per heavy atom. The van der Waals surface area contributed by atoms with E-state index in [1.165, 1.54) is 0 Å². The van der Waals surface area contributed by atoms with Crippen molar-refractivity contribution in [3.63, 3.8) is 0 Å². The molecular formula is C21H28N2O3S. The van der Waals surface area contributed by atoms with Crippen molar-refractivity contribution in [3.8, 4) is 5.75 Å². The smallest absolute Gasteiger partial charge is 0.243 e. The van der Waals surface area contributed by atoms with Crippen LogP contribution in [-0.2, 0) is 10.0 Å². The predicted molar refractivity (Wildman–Crippen MR) is 109 cm³/mol. The Labute approximate surface area is 162 Å². The van der Waals surface area contributed by atoms with Gasteiger partial charge in [0.2, 0.25) is 10.0 Å². The maximum Gasteiger partial charge on any atom is 0.243 e. The van der Waals surface area contributed by atoms with E-state index in [1.807, 2.05) is 52.0 Å². The average Bonchev–Trinajstić information content (AvgIpc) is 2.66. The lowest BCUT2D eigenvalue weighted by Gasteiger charge is -2.36. The van der Waals surface area contributed by atoms with Gasteiger partial charge >= 0.3 is 0 Å². The highest BCUT2D eigenvalue weighted by molar-refractivity contribution is 7.89. The van der Waals surface area contributed by atoms with Crippen LogP contribution in [0.25, 0.3) is 0 Å². The van der Waals surface area contributed by atoms with E-state index >= 15 is 0 Å². The minimum atomic E-state index is -3.51. The first-order valence-corrected chi connectivity index (χ1v) is 10.7. The Hall–Kier alpha value is -2.05. The molecule has 0 atom stereocenters. The van der Waals surface area contributed by atoms with Gasteiger partial charge in [-0.15, -0.1) is 0 Å². The molecule has 0 aromatic heterocycles. The summed E-state index contributed by atoms with van der Waals surface area (Å²) >= 11 is 0. The highest BCUT2D eigenvalue weighted by Crippen LogP contribution is 2.32. The third-order valence-corrected chi connectivity index (χ3v) is 7.73. The lowest BCUT2D eigenvalue weighted by molar-refractivity contribution is 0.378. The standard InChI is InChI=1S/C21H28N2O3S/c1-15-14-16(2)18(4)21(17(15)3)27(24,25)23-12-10-22(11-13-23)19-8-6-7-9-20(19)26-5/h6-9,14H,10-13H2,1-5H3. The number of hydrogen-bond acceptors (Lipinski definition) is 4. The summed E-state index contributed by atoms with van der Waals surface area (Å²) in [6.07, 6.45) is 0. The van der Waals surface area contributed by atoms with Gasteiger partial charge in [0, 0.05) is 26.2 Å². The zero-order valence-corrected chi connectivity index (χ0v) is 17.6. The summed E-state index contributed by atoms with van der Waals surface area (Å²) < 4.78 is 33.8. The van der Waals surface area contributed by atoms with Gasteiger partial charge in [0.25, 0.3) is 0 Å². The maximum absolute atomic E-state index is 13.4. The van der Waals surface area contributed by atoms with Gasteiger partial charge in [-0.2, -0.15) is 4.31 Å². The Bertz CT molecular complexity index is 920. The van der Waals surface area contributed by atoms with E-state index in [0.717, 1.165) is 33.7 Å². The van der Waals surface area contributed by atoms with Crippen molar-refractivity contribution in [2.75, 3.05) is 38.2 Å². The first-order valence-electron chi connectivity index (χ1n) is 9.23. The number of nitrogens with zero attached hydrogens (tertiary/aromatic N) is 2. The number of piperazine rings is 1. The second kappa shape index (κ2) is 7.52. The second-order valence-corrected chi connectivity index (χ2v) is 9.03. The van der Waals surface area contributed by atoms with Gasteiger partial charge in [-0.05, 0) is 62.1 Å². The highest BCUT2D eigenvalue weighted by atomic mass is 32.2. The molecule has 1 fully saturated rings. The molecule has 27 heavy (non-hydrogen) atoms. The summed E-state index contributed by atoms with van der Waals surface area (Å²) in [6, 6.07) is 9.92. The molecule has 6 heteroatoms. The molecular weight excluding hydrogens is 360 g/mol. The summed E-state index contributed by atoms with van der Waals surface area (Å²) in [5, 5.41) is 0. The molecule has 0 amide bonds. The normalized spacial score (nSPS) is 15.8. The number of methoxy groups -OCH3 is 1. The lowest BCUT2D eigenvalue weighted by Crippen LogP contribution is -2.49. The van der Waals surface area contributed by atoms with Crippen LogP contribution in [0.4, 0.5) is 5.69 Å². The number of aryl methyl sites for hydroxylation is 2. The molecule has 2 aromatic carbocycles. The molecule has 0 unspecified atom stereocenters. The molecule has 1 heterocycles. The number of hydrogen-bond donors (Lipinski definition) is 0.